The number of hydrogen-bond acceptors (Lipinski definition) is 5. The maximum atomic E-state index is 13.8. The van der Waals surface area contributed by atoms with Crippen LogP contribution < -0.4 is 10.1 Å². The van der Waals surface area contributed by atoms with Crippen molar-refractivity contribution in [2.75, 3.05) is 32.6 Å². The highest BCUT2D eigenvalue weighted by Gasteiger charge is 2.20. The Morgan fingerprint density at radius 2 is 2.00 bits per heavy atom. The lowest BCUT2D eigenvalue weighted by Gasteiger charge is -2.29. The van der Waals surface area contributed by atoms with Crippen LogP contribution in [0.1, 0.15) is 29.9 Å². The molecule has 0 unspecified atom stereocenters. The predicted octanol–water partition coefficient (Wildman–Crippen LogP) is 4.65. The second-order valence-electron chi connectivity index (χ2n) is 7.64. The lowest BCUT2D eigenvalue weighted by molar-refractivity contribution is 0.255. The number of anilines is 2. The van der Waals surface area contributed by atoms with Crippen molar-refractivity contribution in [2.24, 2.45) is 0 Å². The van der Waals surface area contributed by atoms with Crippen LogP contribution in [0.3, 0.4) is 0 Å². The molecule has 1 aliphatic rings. The Morgan fingerprint density at radius 3 is 2.70 bits per heavy atom. The monoisotopic (exact) mass is 405 g/mol. The van der Waals surface area contributed by atoms with E-state index in [4.69, 9.17) is 10.00 Å². The summed E-state index contributed by atoms with van der Waals surface area (Å²) in [5, 5.41) is 19.2. The van der Waals surface area contributed by atoms with Gasteiger partial charge in [0.25, 0.3) is 0 Å². The molecular weight excluding hydrogens is 381 g/mol. The van der Waals surface area contributed by atoms with Crippen LogP contribution in [0, 0.1) is 17.1 Å². The Hall–Kier alpha value is -3.37. The molecule has 2 N–H and O–H groups in total. The molecule has 30 heavy (non-hydrogen) atoms. The van der Waals surface area contributed by atoms with Gasteiger partial charge in [0, 0.05) is 17.3 Å². The molecule has 0 aliphatic carbocycles. The summed E-state index contributed by atoms with van der Waals surface area (Å²) in [5.74, 6) is 1.33. The summed E-state index contributed by atoms with van der Waals surface area (Å²) in [6.45, 7) is 2.22. The van der Waals surface area contributed by atoms with Gasteiger partial charge in [0.1, 0.15) is 17.6 Å². The molecule has 0 saturated carbocycles. The SMILES string of the molecule is COc1cc(C2CCN(C)CC2)ccc1-c1cc(Nc2ccc(C#N)c(F)c2)n[nH]1. The number of halogens is 1. The van der Waals surface area contributed by atoms with Crippen molar-refractivity contribution in [1.82, 2.24) is 15.1 Å². The van der Waals surface area contributed by atoms with Crippen molar-refractivity contribution in [1.29, 1.82) is 5.26 Å². The molecular formula is C23H24FN5O. The van der Waals surface area contributed by atoms with Crippen LogP contribution in [0.2, 0.25) is 0 Å². The summed E-state index contributed by atoms with van der Waals surface area (Å²) in [6.07, 6.45) is 2.30. The number of likely N-dealkylation sites (tertiary alicyclic amines) is 1. The minimum Gasteiger partial charge on any atom is -0.496 e. The Labute approximate surface area is 175 Å². The Bertz CT molecular complexity index is 1080. The van der Waals surface area contributed by atoms with Crippen LogP contribution in [0.15, 0.2) is 42.5 Å². The molecule has 0 amide bonds. The Morgan fingerprint density at radius 1 is 1.20 bits per heavy atom. The molecule has 6 nitrogen and oxygen atoms in total. The number of aromatic amines is 1. The average Bonchev–Trinajstić information content (AvgIpc) is 3.22. The van der Waals surface area contributed by atoms with E-state index in [-0.39, 0.29) is 5.56 Å². The van der Waals surface area contributed by atoms with Crippen molar-refractivity contribution < 1.29 is 9.13 Å². The van der Waals surface area contributed by atoms with Crippen molar-refractivity contribution in [3.63, 3.8) is 0 Å². The molecule has 0 radical (unpaired) electrons. The highest BCUT2D eigenvalue weighted by atomic mass is 19.1. The number of benzene rings is 2. The molecule has 1 aromatic heterocycles. The first-order valence-corrected chi connectivity index (χ1v) is 9.96. The fourth-order valence-electron chi connectivity index (χ4n) is 3.88. The fourth-order valence-corrected chi connectivity index (χ4v) is 3.88. The minimum atomic E-state index is -0.565. The van der Waals surface area contributed by atoms with Crippen molar-refractivity contribution in [2.45, 2.75) is 18.8 Å². The van der Waals surface area contributed by atoms with E-state index in [1.165, 1.54) is 17.7 Å². The van der Waals surface area contributed by atoms with E-state index < -0.39 is 5.82 Å². The smallest absolute Gasteiger partial charge is 0.152 e. The first-order valence-electron chi connectivity index (χ1n) is 9.96. The zero-order chi connectivity index (χ0) is 21.1. The van der Waals surface area contributed by atoms with Gasteiger partial charge >= 0.3 is 0 Å². The molecule has 1 saturated heterocycles. The van der Waals surface area contributed by atoms with Crippen LogP contribution in [-0.4, -0.2) is 42.3 Å². The van der Waals surface area contributed by atoms with Gasteiger partial charge in [-0.2, -0.15) is 10.4 Å². The minimum absolute atomic E-state index is 0.0118. The number of aromatic nitrogens is 2. The van der Waals surface area contributed by atoms with Gasteiger partial charge in [-0.1, -0.05) is 6.07 Å². The highest BCUT2D eigenvalue weighted by molar-refractivity contribution is 5.71. The van der Waals surface area contributed by atoms with E-state index in [1.54, 1.807) is 13.2 Å². The maximum absolute atomic E-state index is 13.8. The molecule has 0 spiro atoms. The van der Waals surface area contributed by atoms with E-state index in [0.717, 1.165) is 42.9 Å². The summed E-state index contributed by atoms with van der Waals surface area (Å²) in [7, 11) is 3.84. The van der Waals surface area contributed by atoms with Crippen molar-refractivity contribution in [3.05, 3.63) is 59.4 Å². The molecule has 1 fully saturated rings. The molecule has 4 rings (SSSR count). The molecule has 1 aliphatic heterocycles. The average molecular weight is 405 g/mol. The third-order valence-electron chi connectivity index (χ3n) is 5.65. The van der Waals surface area contributed by atoms with Crippen LogP contribution in [0.4, 0.5) is 15.9 Å². The number of ether oxygens (including phenoxy) is 1. The van der Waals surface area contributed by atoms with Gasteiger partial charge < -0.3 is 15.0 Å². The maximum Gasteiger partial charge on any atom is 0.152 e. The van der Waals surface area contributed by atoms with Gasteiger partial charge in [-0.25, -0.2) is 4.39 Å². The molecule has 2 aromatic carbocycles. The lowest BCUT2D eigenvalue weighted by Crippen LogP contribution is -2.29. The van der Waals surface area contributed by atoms with Gasteiger partial charge in [-0.05, 0) is 74.8 Å². The molecule has 7 heteroatoms. The molecule has 2 heterocycles. The van der Waals surface area contributed by atoms with Gasteiger partial charge in [-0.15, -0.1) is 0 Å². The predicted molar refractivity (Wildman–Crippen MR) is 114 cm³/mol. The fraction of sp³-hybridized carbons (Fsp3) is 0.304. The van der Waals surface area contributed by atoms with Gasteiger partial charge in [-0.3, -0.25) is 5.10 Å². The highest BCUT2D eigenvalue weighted by Crippen LogP contribution is 2.36. The largest absolute Gasteiger partial charge is 0.496 e. The van der Waals surface area contributed by atoms with Gasteiger partial charge in [0.15, 0.2) is 5.82 Å². The summed E-state index contributed by atoms with van der Waals surface area (Å²) in [6, 6.07) is 14.4. The zero-order valence-electron chi connectivity index (χ0n) is 17.1. The summed E-state index contributed by atoms with van der Waals surface area (Å²) in [5.41, 5.74) is 3.56. The topological polar surface area (TPSA) is 77.0 Å². The van der Waals surface area contributed by atoms with Crippen LogP contribution in [0.5, 0.6) is 5.75 Å². The number of piperidine rings is 1. The zero-order valence-corrected chi connectivity index (χ0v) is 17.1. The number of rotatable bonds is 5. The third-order valence-corrected chi connectivity index (χ3v) is 5.65. The quantitative estimate of drug-likeness (QED) is 0.646. The van der Waals surface area contributed by atoms with Crippen molar-refractivity contribution >= 4 is 11.5 Å². The first kappa shape index (κ1) is 19.9. The molecule has 154 valence electrons. The van der Waals surface area contributed by atoms with Gasteiger partial charge in [0.05, 0.1) is 18.4 Å². The van der Waals surface area contributed by atoms with Crippen LogP contribution in [0.25, 0.3) is 11.3 Å². The third kappa shape index (κ3) is 4.14. The molecule has 3 aromatic rings. The van der Waals surface area contributed by atoms with E-state index >= 15 is 0 Å². The number of nitrogens with zero attached hydrogens (tertiary/aromatic N) is 3. The summed E-state index contributed by atoms with van der Waals surface area (Å²) < 4.78 is 19.5. The normalized spacial score (nSPS) is 15.0. The number of H-pyrrole nitrogens is 1. The molecule has 0 atom stereocenters. The molecule has 0 bridgehead atoms. The Kier molecular flexibility index (Phi) is 5.68. The lowest BCUT2D eigenvalue weighted by atomic mass is 9.88. The summed E-state index contributed by atoms with van der Waals surface area (Å²) in [4.78, 5) is 2.36. The van der Waals surface area contributed by atoms with Gasteiger partial charge in [0.2, 0.25) is 0 Å². The van der Waals surface area contributed by atoms with Crippen LogP contribution >= 0.6 is 0 Å². The number of hydrogen-bond donors (Lipinski definition) is 2. The second-order valence-corrected chi connectivity index (χ2v) is 7.64. The number of nitriles is 1. The van der Waals surface area contributed by atoms with E-state index in [2.05, 4.69) is 45.7 Å². The van der Waals surface area contributed by atoms with Crippen molar-refractivity contribution in [3.8, 4) is 23.1 Å². The standard InChI is InChI=1S/C23H24FN5O/c1-29-9-7-15(8-10-29)16-4-6-19(22(11-16)30-2)21-13-23(28-27-21)26-18-5-3-17(14-25)20(24)12-18/h3-6,11-13,15H,7-10H2,1-2H3,(H2,26,27,28). The number of methoxy groups -OCH3 is 1. The van der Waals surface area contributed by atoms with Crippen LogP contribution in [-0.2, 0) is 0 Å². The number of nitrogens with one attached hydrogen (secondary N) is 2. The van der Waals surface area contributed by atoms with E-state index in [9.17, 15) is 4.39 Å². The first-order chi connectivity index (χ1) is 14.6. The van der Waals surface area contributed by atoms with E-state index in [1.807, 2.05) is 12.1 Å². The Balaban J connectivity index is 1.54. The second kappa shape index (κ2) is 8.56. The summed E-state index contributed by atoms with van der Waals surface area (Å²) >= 11 is 0. The van der Waals surface area contributed by atoms with E-state index in [0.29, 0.717) is 17.4 Å².